The summed E-state index contributed by atoms with van der Waals surface area (Å²) >= 11 is -1.91. The van der Waals surface area contributed by atoms with E-state index in [2.05, 4.69) is 0 Å². The van der Waals surface area contributed by atoms with Gasteiger partial charge >= 0.3 is 0 Å². The molecule has 0 radical (unpaired) electrons. The van der Waals surface area contributed by atoms with Crippen LogP contribution >= 0.6 is 0 Å². The number of hydrogen-bond donors (Lipinski definition) is 2. The Morgan fingerprint density at radius 1 is 1.70 bits per heavy atom. The Bertz CT molecular complexity index is 159. The molecule has 1 heterocycles. The fraction of sp³-hybridized carbons (Fsp3) is 1.00. The summed E-state index contributed by atoms with van der Waals surface area (Å²) in [5, 5.41) is 9.33. The molecule has 0 saturated carbocycles. The molecule has 1 saturated heterocycles. The van der Waals surface area contributed by atoms with Crippen molar-refractivity contribution in [2.24, 2.45) is 0 Å². The van der Waals surface area contributed by atoms with E-state index in [4.69, 9.17) is 4.55 Å². The molecule has 4 nitrogen and oxygen atoms in total. The van der Waals surface area contributed by atoms with Crippen LogP contribution in [-0.4, -0.2) is 36.9 Å². The maximum absolute atomic E-state index is 10.4. The molecule has 1 fully saturated rings. The second kappa shape index (κ2) is 2.58. The molecule has 0 aliphatic carbocycles. The molecule has 0 aromatic carbocycles. The minimum absolute atomic E-state index is 0.288. The second-order valence-corrected chi connectivity index (χ2v) is 3.82. The lowest BCUT2D eigenvalue weighted by molar-refractivity contribution is 0.0761. The van der Waals surface area contributed by atoms with E-state index in [1.807, 2.05) is 0 Å². The Balaban J connectivity index is 2.51. The summed E-state index contributed by atoms with van der Waals surface area (Å²) in [5.74, 6) is 0. The second-order valence-electron chi connectivity index (χ2n) is 2.84. The van der Waals surface area contributed by atoms with Crippen LogP contribution in [0.1, 0.15) is 13.3 Å². The average Bonchev–Trinajstić information content (AvgIpc) is 2.10. The molecule has 1 aliphatic heterocycles. The van der Waals surface area contributed by atoms with Gasteiger partial charge in [0.25, 0.3) is 0 Å². The Morgan fingerprint density at radius 3 is 2.50 bits per heavy atom. The summed E-state index contributed by atoms with van der Waals surface area (Å²) in [6, 6.07) is 0. The molecule has 0 bridgehead atoms. The largest absolute Gasteiger partial charge is 0.389 e. The molecule has 2 N–H and O–H groups in total. The van der Waals surface area contributed by atoms with E-state index in [1.165, 1.54) is 4.31 Å². The molecule has 1 aliphatic rings. The first-order valence-corrected chi connectivity index (χ1v) is 4.16. The quantitative estimate of drug-likeness (QED) is 0.519. The molecule has 2 unspecified atom stereocenters. The van der Waals surface area contributed by atoms with Crippen LogP contribution in [0.5, 0.6) is 0 Å². The van der Waals surface area contributed by atoms with Crippen molar-refractivity contribution in [2.75, 3.05) is 13.1 Å². The van der Waals surface area contributed by atoms with Gasteiger partial charge in [0, 0.05) is 13.1 Å². The van der Waals surface area contributed by atoms with Gasteiger partial charge in [0.15, 0.2) is 0 Å². The molecule has 60 valence electrons. The van der Waals surface area contributed by atoms with Crippen molar-refractivity contribution in [3.63, 3.8) is 0 Å². The normalized spacial score (nSPS) is 38.3. The predicted molar refractivity (Wildman–Crippen MR) is 37.6 cm³/mol. The fourth-order valence-electron chi connectivity index (χ4n) is 1.04. The molecule has 0 amide bonds. The van der Waals surface area contributed by atoms with Crippen molar-refractivity contribution in [3.05, 3.63) is 0 Å². The minimum atomic E-state index is -1.91. The molecule has 0 aromatic rings. The third kappa shape index (κ3) is 1.76. The van der Waals surface area contributed by atoms with Crippen LogP contribution in [0.25, 0.3) is 0 Å². The van der Waals surface area contributed by atoms with Gasteiger partial charge in [-0.1, -0.05) is 0 Å². The Labute approximate surface area is 62.3 Å². The molecule has 5 heteroatoms. The van der Waals surface area contributed by atoms with Gasteiger partial charge < -0.3 is 5.11 Å². The van der Waals surface area contributed by atoms with Crippen LogP contribution in [-0.2, 0) is 11.3 Å². The summed E-state index contributed by atoms with van der Waals surface area (Å²) in [4.78, 5) is 0. The van der Waals surface area contributed by atoms with Crippen molar-refractivity contribution in [2.45, 2.75) is 18.9 Å². The van der Waals surface area contributed by atoms with Gasteiger partial charge in [-0.05, 0) is 13.3 Å². The molecule has 0 aromatic heterocycles. The average molecular weight is 165 g/mol. The Morgan fingerprint density at radius 2 is 2.30 bits per heavy atom. The lowest BCUT2D eigenvalue weighted by Gasteiger charge is -2.14. The van der Waals surface area contributed by atoms with E-state index in [-0.39, 0.29) is 6.54 Å². The number of nitrogens with zero attached hydrogens (tertiary/aromatic N) is 1. The fourth-order valence-corrected chi connectivity index (χ4v) is 1.67. The lowest BCUT2D eigenvalue weighted by atomic mass is 10.1. The third-order valence-corrected chi connectivity index (χ3v) is 2.39. The van der Waals surface area contributed by atoms with Crippen molar-refractivity contribution in [3.8, 4) is 0 Å². The van der Waals surface area contributed by atoms with Gasteiger partial charge in [0.05, 0.1) is 5.60 Å². The van der Waals surface area contributed by atoms with Gasteiger partial charge in [-0.3, -0.25) is 4.55 Å². The van der Waals surface area contributed by atoms with Crippen molar-refractivity contribution < 1.29 is 13.9 Å². The van der Waals surface area contributed by atoms with Crippen molar-refractivity contribution in [1.82, 2.24) is 4.31 Å². The van der Waals surface area contributed by atoms with Gasteiger partial charge in [0.1, 0.15) is 0 Å². The Hall–Kier alpha value is 0.0300. The van der Waals surface area contributed by atoms with Gasteiger partial charge in [0.2, 0.25) is 11.3 Å². The van der Waals surface area contributed by atoms with Crippen LogP contribution in [0.3, 0.4) is 0 Å². The monoisotopic (exact) mass is 165 g/mol. The van der Waals surface area contributed by atoms with E-state index < -0.39 is 16.9 Å². The summed E-state index contributed by atoms with van der Waals surface area (Å²) in [7, 11) is 0. The van der Waals surface area contributed by atoms with E-state index in [9.17, 15) is 9.32 Å². The summed E-state index contributed by atoms with van der Waals surface area (Å²) in [5.41, 5.74) is -0.779. The zero-order valence-corrected chi connectivity index (χ0v) is 6.60. The zero-order valence-electron chi connectivity index (χ0n) is 5.78. The molecule has 1 rings (SSSR count). The minimum Gasteiger partial charge on any atom is -0.389 e. The van der Waals surface area contributed by atoms with E-state index >= 15 is 0 Å². The predicted octanol–water partition coefficient (Wildman–Crippen LogP) is -0.420. The van der Waals surface area contributed by atoms with Crippen molar-refractivity contribution >= 4 is 11.3 Å². The maximum Gasteiger partial charge on any atom is 0.234 e. The third-order valence-electron chi connectivity index (χ3n) is 1.64. The van der Waals surface area contributed by atoms with Crippen LogP contribution in [0.15, 0.2) is 0 Å². The molecule has 0 spiro atoms. The van der Waals surface area contributed by atoms with E-state index in [0.717, 1.165) is 0 Å². The first kappa shape index (κ1) is 8.13. The number of rotatable bonds is 1. The smallest absolute Gasteiger partial charge is 0.234 e. The van der Waals surface area contributed by atoms with Gasteiger partial charge in [-0.15, -0.1) is 0 Å². The van der Waals surface area contributed by atoms with Crippen molar-refractivity contribution in [1.29, 1.82) is 0 Å². The first-order chi connectivity index (χ1) is 4.51. The number of β-amino-alcohol motifs (C(OH)–C–C–N with tert-alkyl or cyclic N) is 1. The van der Waals surface area contributed by atoms with Crippen LogP contribution < -0.4 is 0 Å². The molecular formula is C5H11NO3S. The van der Waals surface area contributed by atoms with Gasteiger partial charge in [-0.25, -0.2) is 4.21 Å². The highest BCUT2D eigenvalue weighted by atomic mass is 32.2. The molecular weight excluding hydrogens is 154 g/mol. The highest BCUT2D eigenvalue weighted by Crippen LogP contribution is 2.20. The highest BCUT2D eigenvalue weighted by molar-refractivity contribution is 7.76. The van der Waals surface area contributed by atoms with Crippen LogP contribution in [0, 0.1) is 0 Å². The zero-order chi connectivity index (χ0) is 7.78. The molecule has 10 heavy (non-hydrogen) atoms. The standard InChI is InChI=1S/C5H11NO3S/c1-5(7)2-3-6(4-5)10(8)9/h7H,2-4H2,1H3,(H,8,9). The first-order valence-electron chi connectivity index (χ1n) is 3.09. The number of hydrogen-bond acceptors (Lipinski definition) is 2. The van der Waals surface area contributed by atoms with E-state index in [0.29, 0.717) is 13.0 Å². The SMILES string of the molecule is CC1(O)CCN(S(=O)O)C1. The maximum atomic E-state index is 10.4. The summed E-state index contributed by atoms with van der Waals surface area (Å²) in [6.45, 7) is 2.45. The van der Waals surface area contributed by atoms with Crippen LogP contribution in [0.2, 0.25) is 0 Å². The Kier molecular flexibility index (Phi) is 2.10. The number of aliphatic hydroxyl groups is 1. The van der Waals surface area contributed by atoms with Crippen LogP contribution in [0.4, 0.5) is 0 Å². The highest BCUT2D eigenvalue weighted by Gasteiger charge is 2.33. The molecule has 2 atom stereocenters. The van der Waals surface area contributed by atoms with E-state index in [1.54, 1.807) is 6.92 Å². The summed E-state index contributed by atoms with van der Waals surface area (Å²) in [6.07, 6.45) is 0.569. The summed E-state index contributed by atoms with van der Waals surface area (Å²) < 4.78 is 20.3. The lowest BCUT2D eigenvalue weighted by Crippen LogP contribution is -2.30. The van der Waals surface area contributed by atoms with Gasteiger partial charge in [-0.2, -0.15) is 4.31 Å². The topological polar surface area (TPSA) is 60.8 Å².